The van der Waals surface area contributed by atoms with E-state index in [1.54, 1.807) is 24.5 Å². The minimum atomic E-state index is -0.0212. The average molecular weight is 289 g/mol. The molecule has 0 unspecified atom stereocenters. The van der Waals surface area contributed by atoms with Crippen LogP contribution < -0.4 is 0 Å². The molecular formula is C16H17ClN2O. The maximum Gasteiger partial charge on any atom is 0.255 e. The van der Waals surface area contributed by atoms with Gasteiger partial charge in [0.2, 0.25) is 0 Å². The maximum atomic E-state index is 12.4. The molecule has 0 spiro atoms. The SMILES string of the molecule is CCN(CCc1ccncc1)C(=O)c1ccccc1Cl. The standard InChI is InChI=1S/C16H17ClN2O/c1-2-19(12-9-13-7-10-18-11-8-13)16(20)14-5-3-4-6-15(14)17/h3-8,10-11H,2,9,12H2,1H3. The highest BCUT2D eigenvalue weighted by Crippen LogP contribution is 2.17. The number of halogens is 1. The summed E-state index contributed by atoms with van der Waals surface area (Å²) in [6.07, 6.45) is 4.34. The van der Waals surface area contributed by atoms with Gasteiger partial charge in [0.25, 0.3) is 5.91 Å². The van der Waals surface area contributed by atoms with E-state index in [2.05, 4.69) is 4.98 Å². The highest BCUT2D eigenvalue weighted by atomic mass is 35.5. The fraction of sp³-hybridized carbons (Fsp3) is 0.250. The summed E-state index contributed by atoms with van der Waals surface area (Å²) in [7, 11) is 0. The van der Waals surface area contributed by atoms with Crippen molar-refractivity contribution < 1.29 is 4.79 Å². The van der Waals surface area contributed by atoms with Crippen LogP contribution in [0.25, 0.3) is 0 Å². The second-order valence-corrected chi connectivity index (χ2v) is 4.88. The van der Waals surface area contributed by atoms with Crippen LogP contribution in [0.15, 0.2) is 48.8 Å². The molecule has 2 aromatic rings. The first-order chi connectivity index (χ1) is 9.72. The lowest BCUT2D eigenvalue weighted by Gasteiger charge is -2.21. The van der Waals surface area contributed by atoms with Gasteiger partial charge >= 0.3 is 0 Å². The Balaban J connectivity index is 2.05. The van der Waals surface area contributed by atoms with Crippen LogP contribution in [-0.2, 0) is 6.42 Å². The summed E-state index contributed by atoms with van der Waals surface area (Å²) in [5, 5.41) is 0.500. The quantitative estimate of drug-likeness (QED) is 0.844. The van der Waals surface area contributed by atoms with Crippen molar-refractivity contribution >= 4 is 17.5 Å². The van der Waals surface area contributed by atoms with Crippen LogP contribution in [0, 0.1) is 0 Å². The summed E-state index contributed by atoms with van der Waals surface area (Å²) in [5.74, 6) is -0.0212. The molecule has 104 valence electrons. The Bertz CT molecular complexity index is 572. The topological polar surface area (TPSA) is 33.2 Å². The predicted octanol–water partition coefficient (Wildman–Crippen LogP) is 3.44. The van der Waals surface area contributed by atoms with Crippen LogP contribution in [0.1, 0.15) is 22.8 Å². The summed E-state index contributed by atoms with van der Waals surface area (Å²) in [6.45, 7) is 3.31. The van der Waals surface area contributed by atoms with Gasteiger partial charge in [0.15, 0.2) is 0 Å². The zero-order valence-corrected chi connectivity index (χ0v) is 12.2. The van der Waals surface area contributed by atoms with E-state index < -0.39 is 0 Å². The van der Waals surface area contributed by atoms with Crippen molar-refractivity contribution in [2.24, 2.45) is 0 Å². The van der Waals surface area contributed by atoms with Crippen molar-refractivity contribution in [3.63, 3.8) is 0 Å². The van der Waals surface area contributed by atoms with E-state index in [4.69, 9.17) is 11.6 Å². The average Bonchev–Trinajstić information content (AvgIpc) is 2.49. The van der Waals surface area contributed by atoms with E-state index in [0.29, 0.717) is 23.7 Å². The summed E-state index contributed by atoms with van der Waals surface area (Å²) < 4.78 is 0. The fourth-order valence-electron chi connectivity index (χ4n) is 2.02. The third-order valence-corrected chi connectivity index (χ3v) is 3.52. The first-order valence-electron chi connectivity index (χ1n) is 6.65. The third-order valence-electron chi connectivity index (χ3n) is 3.19. The van der Waals surface area contributed by atoms with Crippen molar-refractivity contribution in [3.8, 4) is 0 Å². The minimum absolute atomic E-state index is 0.0212. The van der Waals surface area contributed by atoms with Crippen molar-refractivity contribution in [1.82, 2.24) is 9.88 Å². The van der Waals surface area contributed by atoms with Gasteiger partial charge in [0, 0.05) is 25.5 Å². The molecule has 0 bridgehead atoms. The number of amides is 1. The molecule has 20 heavy (non-hydrogen) atoms. The smallest absolute Gasteiger partial charge is 0.255 e. The van der Waals surface area contributed by atoms with Gasteiger partial charge in [0.1, 0.15) is 0 Å². The third kappa shape index (κ3) is 3.58. The van der Waals surface area contributed by atoms with E-state index in [9.17, 15) is 4.79 Å². The maximum absolute atomic E-state index is 12.4. The monoisotopic (exact) mass is 288 g/mol. The number of pyridine rings is 1. The molecule has 0 N–H and O–H groups in total. The number of hydrogen-bond donors (Lipinski definition) is 0. The van der Waals surface area contributed by atoms with Gasteiger partial charge in [-0.05, 0) is 43.2 Å². The van der Waals surface area contributed by atoms with Crippen LogP contribution in [-0.4, -0.2) is 28.9 Å². The Morgan fingerprint density at radius 3 is 2.55 bits per heavy atom. The molecule has 4 heteroatoms. The number of carbonyl (C=O) groups excluding carboxylic acids is 1. The van der Waals surface area contributed by atoms with E-state index in [-0.39, 0.29) is 5.91 Å². The largest absolute Gasteiger partial charge is 0.339 e. The molecule has 2 rings (SSSR count). The Hall–Kier alpha value is -1.87. The van der Waals surface area contributed by atoms with Gasteiger partial charge in [-0.1, -0.05) is 23.7 Å². The van der Waals surface area contributed by atoms with Crippen LogP contribution in [0.3, 0.4) is 0 Å². The molecule has 0 aliphatic heterocycles. The summed E-state index contributed by atoms with van der Waals surface area (Å²) in [4.78, 5) is 18.2. The lowest BCUT2D eigenvalue weighted by atomic mass is 10.1. The van der Waals surface area contributed by atoms with Crippen LogP contribution in [0.4, 0.5) is 0 Å². The summed E-state index contributed by atoms with van der Waals surface area (Å²) in [5.41, 5.74) is 1.73. The van der Waals surface area contributed by atoms with E-state index in [1.165, 1.54) is 5.56 Å². The highest BCUT2D eigenvalue weighted by molar-refractivity contribution is 6.33. The molecule has 1 heterocycles. The van der Waals surface area contributed by atoms with Gasteiger partial charge < -0.3 is 4.90 Å². The van der Waals surface area contributed by atoms with Gasteiger partial charge in [0.05, 0.1) is 10.6 Å². The Morgan fingerprint density at radius 2 is 1.90 bits per heavy atom. The van der Waals surface area contributed by atoms with Crippen molar-refractivity contribution in [2.75, 3.05) is 13.1 Å². The van der Waals surface area contributed by atoms with E-state index in [1.807, 2.05) is 36.1 Å². The van der Waals surface area contributed by atoms with Crippen molar-refractivity contribution in [1.29, 1.82) is 0 Å². The molecule has 0 aliphatic rings. The molecule has 1 aromatic carbocycles. The number of hydrogen-bond acceptors (Lipinski definition) is 2. The molecule has 3 nitrogen and oxygen atoms in total. The zero-order chi connectivity index (χ0) is 14.4. The number of nitrogens with zero attached hydrogens (tertiary/aromatic N) is 2. The zero-order valence-electron chi connectivity index (χ0n) is 11.4. The number of benzene rings is 1. The molecule has 0 atom stereocenters. The fourth-order valence-corrected chi connectivity index (χ4v) is 2.24. The second kappa shape index (κ2) is 7.06. The molecule has 1 amide bonds. The molecule has 0 saturated carbocycles. The molecule has 1 aromatic heterocycles. The number of carbonyl (C=O) groups is 1. The van der Waals surface area contributed by atoms with Crippen LogP contribution in [0.2, 0.25) is 5.02 Å². The highest BCUT2D eigenvalue weighted by Gasteiger charge is 2.16. The van der Waals surface area contributed by atoms with E-state index in [0.717, 1.165) is 6.42 Å². The molecule has 0 aliphatic carbocycles. The first kappa shape index (κ1) is 14.5. The van der Waals surface area contributed by atoms with Gasteiger partial charge in [-0.3, -0.25) is 9.78 Å². The Morgan fingerprint density at radius 1 is 1.20 bits per heavy atom. The minimum Gasteiger partial charge on any atom is -0.339 e. The van der Waals surface area contributed by atoms with Crippen molar-refractivity contribution in [2.45, 2.75) is 13.3 Å². The van der Waals surface area contributed by atoms with Crippen LogP contribution in [0.5, 0.6) is 0 Å². The Labute approximate surface area is 124 Å². The molecule has 0 saturated heterocycles. The number of rotatable bonds is 5. The van der Waals surface area contributed by atoms with Gasteiger partial charge in [-0.25, -0.2) is 0 Å². The lowest BCUT2D eigenvalue weighted by molar-refractivity contribution is 0.0766. The van der Waals surface area contributed by atoms with Crippen LogP contribution >= 0.6 is 11.6 Å². The first-order valence-corrected chi connectivity index (χ1v) is 7.03. The normalized spacial score (nSPS) is 10.3. The molecular weight excluding hydrogens is 272 g/mol. The lowest BCUT2D eigenvalue weighted by Crippen LogP contribution is -2.32. The second-order valence-electron chi connectivity index (χ2n) is 4.47. The summed E-state index contributed by atoms with van der Waals surface area (Å²) in [6, 6.07) is 11.1. The molecule has 0 fully saturated rings. The number of likely N-dealkylation sites (N-methyl/N-ethyl adjacent to an activating group) is 1. The van der Waals surface area contributed by atoms with Crippen molar-refractivity contribution in [3.05, 3.63) is 64.9 Å². The van der Waals surface area contributed by atoms with Gasteiger partial charge in [-0.15, -0.1) is 0 Å². The van der Waals surface area contributed by atoms with Gasteiger partial charge in [-0.2, -0.15) is 0 Å². The Kier molecular flexibility index (Phi) is 5.13. The predicted molar refractivity (Wildman–Crippen MR) is 81.0 cm³/mol. The molecule has 0 radical (unpaired) electrons. The summed E-state index contributed by atoms with van der Waals surface area (Å²) >= 11 is 6.08. The number of aromatic nitrogens is 1. The van der Waals surface area contributed by atoms with E-state index >= 15 is 0 Å².